The van der Waals surface area contributed by atoms with Crippen LogP contribution in [0.15, 0.2) is 28.1 Å². The van der Waals surface area contributed by atoms with E-state index in [0.29, 0.717) is 0 Å². The van der Waals surface area contributed by atoms with Crippen molar-refractivity contribution in [3.63, 3.8) is 0 Å². The number of nitrogens with zero attached hydrogens (tertiary/aromatic N) is 2. The summed E-state index contributed by atoms with van der Waals surface area (Å²) in [6, 6.07) is 5.90. The highest BCUT2D eigenvalue weighted by Gasteiger charge is 2.07. The number of hydrogen-bond donors (Lipinski definition) is 0. The fraction of sp³-hybridized carbons (Fsp3) is 0.385. The number of ether oxygens (including phenoxy) is 1. The van der Waals surface area contributed by atoms with E-state index < -0.39 is 0 Å². The molecular formula is C13H16N2OS2. The molecule has 0 aromatic heterocycles. The highest BCUT2D eigenvalue weighted by Crippen LogP contribution is 2.31. The van der Waals surface area contributed by atoms with Gasteiger partial charge in [0.25, 0.3) is 0 Å². The number of aliphatic imine (C=N–C) groups is 1. The molecule has 0 aliphatic rings. The van der Waals surface area contributed by atoms with Crippen molar-refractivity contribution >= 4 is 27.9 Å². The van der Waals surface area contributed by atoms with Gasteiger partial charge < -0.3 is 4.74 Å². The smallest absolute Gasteiger partial charge is 0.207 e. The molecule has 96 valence electrons. The maximum absolute atomic E-state index is 8.68. The van der Waals surface area contributed by atoms with E-state index in [1.807, 2.05) is 31.3 Å². The van der Waals surface area contributed by atoms with Crippen LogP contribution in [-0.2, 0) is 0 Å². The summed E-state index contributed by atoms with van der Waals surface area (Å²) in [5.74, 6) is 1.82. The fourth-order valence-corrected chi connectivity index (χ4v) is 3.14. The van der Waals surface area contributed by atoms with E-state index in [-0.39, 0.29) is 0 Å². The van der Waals surface area contributed by atoms with Crippen LogP contribution in [0.1, 0.15) is 18.9 Å². The van der Waals surface area contributed by atoms with Gasteiger partial charge in [0, 0.05) is 4.90 Å². The maximum atomic E-state index is 8.68. The van der Waals surface area contributed by atoms with Crippen LogP contribution in [0.25, 0.3) is 0 Å². The van der Waals surface area contributed by atoms with Gasteiger partial charge in [-0.1, -0.05) is 30.4 Å². The van der Waals surface area contributed by atoms with Crippen LogP contribution in [0.5, 0.6) is 5.75 Å². The van der Waals surface area contributed by atoms with Gasteiger partial charge in [0.05, 0.1) is 7.11 Å². The van der Waals surface area contributed by atoms with Gasteiger partial charge in [-0.15, -0.1) is 0 Å². The molecule has 18 heavy (non-hydrogen) atoms. The van der Waals surface area contributed by atoms with Gasteiger partial charge in [-0.05, 0) is 42.9 Å². The predicted molar refractivity (Wildman–Crippen MR) is 79.4 cm³/mol. The van der Waals surface area contributed by atoms with Gasteiger partial charge in [0.15, 0.2) is 0 Å². The Hall–Kier alpha value is -1.12. The molecule has 0 saturated carbocycles. The Balaban J connectivity index is 2.81. The lowest BCUT2D eigenvalue weighted by Gasteiger charge is -2.08. The lowest BCUT2D eigenvalue weighted by molar-refractivity contribution is 0.414. The summed E-state index contributed by atoms with van der Waals surface area (Å²) < 4.78 is 5.97. The molecule has 0 aliphatic heterocycles. The lowest BCUT2D eigenvalue weighted by atomic mass is 10.2. The zero-order valence-electron chi connectivity index (χ0n) is 10.8. The first-order valence-corrected chi connectivity index (χ1v) is 7.43. The standard InChI is InChI=1S/C13H16N2OS2/c1-4-7-17-13(15-9-14)18-12-6-5-11(16-3)8-10(12)2/h5-6,8H,4,7H2,1-3H3. The molecule has 0 saturated heterocycles. The molecule has 1 rings (SSSR count). The second kappa shape index (κ2) is 8.06. The minimum absolute atomic E-state index is 0.799. The number of benzene rings is 1. The molecule has 0 amide bonds. The van der Waals surface area contributed by atoms with E-state index in [0.717, 1.165) is 32.8 Å². The van der Waals surface area contributed by atoms with Crippen molar-refractivity contribution in [3.8, 4) is 11.9 Å². The minimum Gasteiger partial charge on any atom is -0.497 e. The normalized spacial score (nSPS) is 11.1. The average Bonchev–Trinajstić information content (AvgIpc) is 2.38. The van der Waals surface area contributed by atoms with Crippen LogP contribution >= 0.6 is 23.5 Å². The Kier molecular flexibility index (Phi) is 6.69. The van der Waals surface area contributed by atoms with Crippen molar-refractivity contribution in [3.05, 3.63) is 23.8 Å². The monoisotopic (exact) mass is 280 g/mol. The molecule has 0 fully saturated rings. The van der Waals surface area contributed by atoms with E-state index in [1.165, 1.54) is 11.8 Å². The van der Waals surface area contributed by atoms with Gasteiger partial charge in [-0.25, -0.2) is 0 Å². The molecule has 0 spiro atoms. The molecule has 0 radical (unpaired) electrons. The largest absolute Gasteiger partial charge is 0.497 e. The first-order chi connectivity index (χ1) is 8.71. The van der Waals surface area contributed by atoms with Crippen molar-refractivity contribution in [2.75, 3.05) is 12.9 Å². The highest BCUT2D eigenvalue weighted by atomic mass is 32.2. The van der Waals surface area contributed by atoms with E-state index in [9.17, 15) is 0 Å². The average molecular weight is 280 g/mol. The number of rotatable bonds is 4. The van der Waals surface area contributed by atoms with Crippen molar-refractivity contribution in [1.29, 1.82) is 5.26 Å². The van der Waals surface area contributed by atoms with Crippen molar-refractivity contribution in [2.24, 2.45) is 4.99 Å². The third kappa shape index (κ3) is 4.63. The Morgan fingerprint density at radius 2 is 2.28 bits per heavy atom. The molecule has 3 nitrogen and oxygen atoms in total. The minimum atomic E-state index is 0.799. The van der Waals surface area contributed by atoms with E-state index in [2.05, 4.69) is 11.9 Å². The Bertz CT molecular complexity index is 467. The van der Waals surface area contributed by atoms with Gasteiger partial charge in [-0.3, -0.25) is 0 Å². The molecule has 1 aromatic carbocycles. The number of methoxy groups -OCH3 is 1. The fourth-order valence-electron chi connectivity index (χ4n) is 1.27. The second-order valence-electron chi connectivity index (χ2n) is 3.56. The molecule has 5 heteroatoms. The third-order valence-corrected chi connectivity index (χ3v) is 4.65. The molecule has 0 bridgehead atoms. The quantitative estimate of drug-likeness (QED) is 0.361. The Morgan fingerprint density at radius 3 is 2.83 bits per heavy atom. The SMILES string of the molecule is CCCSC(=NC#N)Sc1ccc(OC)cc1C. The van der Waals surface area contributed by atoms with Crippen LogP contribution in [0.2, 0.25) is 0 Å². The van der Waals surface area contributed by atoms with Crippen LogP contribution in [0.3, 0.4) is 0 Å². The van der Waals surface area contributed by atoms with Crippen molar-refractivity contribution < 1.29 is 4.74 Å². The Morgan fingerprint density at radius 1 is 1.50 bits per heavy atom. The topological polar surface area (TPSA) is 45.4 Å². The van der Waals surface area contributed by atoms with Crippen LogP contribution in [-0.4, -0.2) is 17.2 Å². The molecule has 0 heterocycles. The summed E-state index contributed by atoms with van der Waals surface area (Å²) in [6.07, 6.45) is 2.93. The summed E-state index contributed by atoms with van der Waals surface area (Å²) in [6.45, 7) is 4.14. The molecular weight excluding hydrogens is 264 g/mol. The number of nitriles is 1. The summed E-state index contributed by atoms with van der Waals surface area (Å²) in [5, 5.41) is 8.68. The van der Waals surface area contributed by atoms with Crippen LogP contribution in [0.4, 0.5) is 0 Å². The lowest BCUT2D eigenvalue weighted by Crippen LogP contribution is -1.91. The van der Waals surface area contributed by atoms with E-state index in [1.54, 1.807) is 18.9 Å². The van der Waals surface area contributed by atoms with Crippen molar-refractivity contribution in [2.45, 2.75) is 25.2 Å². The van der Waals surface area contributed by atoms with Crippen LogP contribution in [0, 0.1) is 18.4 Å². The summed E-state index contributed by atoms with van der Waals surface area (Å²) in [5.41, 5.74) is 1.13. The Labute approximate surface area is 117 Å². The molecule has 0 N–H and O–H groups in total. The predicted octanol–water partition coefficient (Wildman–Crippen LogP) is 4.08. The van der Waals surface area contributed by atoms with Crippen molar-refractivity contribution in [1.82, 2.24) is 0 Å². The zero-order chi connectivity index (χ0) is 13.4. The summed E-state index contributed by atoms with van der Waals surface area (Å²) in [7, 11) is 1.65. The first kappa shape index (κ1) is 14.9. The first-order valence-electron chi connectivity index (χ1n) is 5.63. The third-order valence-electron chi connectivity index (χ3n) is 2.15. The zero-order valence-corrected chi connectivity index (χ0v) is 12.4. The van der Waals surface area contributed by atoms with Gasteiger partial charge in [0.1, 0.15) is 10.1 Å². The molecule has 0 atom stereocenters. The number of hydrogen-bond acceptors (Lipinski definition) is 5. The van der Waals surface area contributed by atoms with Gasteiger partial charge >= 0.3 is 0 Å². The second-order valence-corrected chi connectivity index (χ2v) is 5.93. The molecule has 0 unspecified atom stereocenters. The highest BCUT2D eigenvalue weighted by molar-refractivity contribution is 8.38. The van der Waals surface area contributed by atoms with E-state index >= 15 is 0 Å². The van der Waals surface area contributed by atoms with Gasteiger partial charge in [0.2, 0.25) is 6.19 Å². The molecule has 0 aliphatic carbocycles. The number of thioether (sulfide) groups is 2. The number of aryl methyl sites for hydroxylation is 1. The van der Waals surface area contributed by atoms with Crippen LogP contribution < -0.4 is 4.74 Å². The maximum Gasteiger partial charge on any atom is 0.207 e. The molecule has 1 aromatic rings. The summed E-state index contributed by atoms with van der Waals surface area (Å²) in [4.78, 5) is 4.96. The van der Waals surface area contributed by atoms with Gasteiger partial charge in [-0.2, -0.15) is 10.3 Å². The van der Waals surface area contributed by atoms with E-state index in [4.69, 9.17) is 10.00 Å². The summed E-state index contributed by atoms with van der Waals surface area (Å²) >= 11 is 3.15.